The van der Waals surface area contributed by atoms with Gasteiger partial charge in [-0.1, -0.05) is 36.4 Å². The predicted octanol–water partition coefficient (Wildman–Crippen LogP) is 3.51. The fourth-order valence-corrected chi connectivity index (χ4v) is 7.79. The Morgan fingerprint density at radius 3 is 2.56 bits per heavy atom. The van der Waals surface area contributed by atoms with Gasteiger partial charge < -0.3 is 19.1 Å². The number of ether oxygens (including phenoxy) is 3. The Labute approximate surface area is 228 Å². The molecule has 0 unspecified atom stereocenters. The van der Waals surface area contributed by atoms with Gasteiger partial charge in [0.05, 0.1) is 17.5 Å². The quantitative estimate of drug-likeness (QED) is 0.332. The van der Waals surface area contributed by atoms with E-state index in [9.17, 15) is 14.4 Å². The number of likely N-dealkylation sites (tertiary alicyclic amines) is 1. The summed E-state index contributed by atoms with van der Waals surface area (Å²) in [7, 11) is 3.90. The minimum absolute atomic E-state index is 0.0285. The molecule has 1 saturated carbocycles. The van der Waals surface area contributed by atoms with Crippen LogP contribution in [-0.2, 0) is 31.0 Å². The Kier molecular flexibility index (Phi) is 6.06. The van der Waals surface area contributed by atoms with E-state index in [4.69, 9.17) is 14.2 Å². The lowest BCUT2D eigenvalue weighted by Crippen LogP contribution is -2.78. The molecular weight excluding hydrogens is 496 g/mol. The first kappa shape index (κ1) is 25.6. The number of amides is 1. The average molecular weight is 531 g/mol. The zero-order valence-corrected chi connectivity index (χ0v) is 22.8. The topological polar surface area (TPSA) is 85.4 Å². The molecule has 8 heteroatoms. The van der Waals surface area contributed by atoms with Crippen molar-refractivity contribution in [2.45, 2.75) is 68.7 Å². The summed E-state index contributed by atoms with van der Waals surface area (Å²) >= 11 is 0. The van der Waals surface area contributed by atoms with E-state index in [0.717, 1.165) is 23.2 Å². The molecule has 2 fully saturated rings. The fraction of sp³-hybridized carbons (Fsp3) is 0.452. The van der Waals surface area contributed by atoms with Gasteiger partial charge in [-0.25, -0.2) is 0 Å². The van der Waals surface area contributed by atoms with Gasteiger partial charge in [-0.05, 0) is 62.5 Å². The van der Waals surface area contributed by atoms with Crippen LogP contribution < -0.4 is 9.47 Å². The number of esters is 2. The first-order valence-electron chi connectivity index (χ1n) is 13.6. The Morgan fingerprint density at radius 1 is 1.08 bits per heavy atom. The van der Waals surface area contributed by atoms with E-state index in [1.54, 1.807) is 17.0 Å². The van der Waals surface area contributed by atoms with Crippen LogP contribution in [0.2, 0.25) is 0 Å². The molecule has 2 aromatic carbocycles. The van der Waals surface area contributed by atoms with Crippen molar-refractivity contribution in [3.63, 3.8) is 0 Å². The van der Waals surface area contributed by atoms with Crippen LogP contribution in [0.4, 0.5) is 0 Å². The number of carbonyl (C=O) groups excluding carboxylic acids is 3. The second-order valence-corrected chi connectivity index (χ2v) is 11.3. The number of carbonyl (C=O) groups is 3. The molecule has 204 valence electrons. The highest BCUT2D eigenvalue weighted by atomic mass is 16.6. The summed E-state index contributed by atoms with van der Waals surface area (Å²) in [6, 6.07) is 13.2. The van der Waals surface area contributed by atoms with Gasteiger partial charge in [0.15, 0.2) is 11.5 Å². The summed E-state index contributed by atoms with van der Waals surface area (Å²) in [5.74, 6) is 0.0340. The van der Waals surface area contributed by atoms with Crippen molar-refractivity contribution >= 4 is 23.9 Å². The van der Waals surface area contributed by atoms with Crippen LogP contribution in [0.25, 0.3) is 6.08 Å². The Hall–Kier alpha value is -3.65. The van der Waals surface area contributed by atoms with Crippen LogP contribution in [0, 0.1) is 0 Å². The third-order valence-corrected chi connectivity index (χ3v) is 9.29. The molecule has 1 amide bonds. The second kappa shape index (κ2) is 9.23. The second-order valence-electron chi connectivity index (χ2n) is 11.3. The first-order chi connectivity index (χ1) is 18.7. The Balaban J connectivity index is 1.46. The van der Waals surface area contributed by atoms with Gasteiger partial charge in [0.1, 0.15) is 11.7 Å². The van der Waals surface area contributed by atoms with E-state index >= 15 is 0 Å². The molecule has 6 rings (SSSR count). The average Bonchev–Trinajstić information content (AvgIpc) is 3.26. The molecule has 2 aromatic rings. The van der Waals surface area contributed by atoms with E-state index < -0.39 is 23.1 Å². The highest BCUT2D eigenvalue weighted by Gasteiger charge is 2.75. The van der Waals surface area contributed by atoms with E-state index in [1.807, 2.05) is 49.5 Å². The lowest BCUT2D eigenvalue weighted by Gasteiger charge is -2.65. The van der Waals surface area contributed by atoms with Gasteiger partial charge >= 0.3 is 11.9 Å². The lowest BCUT2D eigenvalue weighted by molar-refractivity contribution is -0.220. The number of hydrogen-bond acceptors (Lipinski definition) is 7. The van der Waals surface area contributed by atoms with Gasteiger partial charge in [0.2, 0.25) is 5.91 Å². The molecule has 2 bridgehead atoms. The van der Waals surface area contributed by atoms with Gasteiger partial charge in [-0.3, -0.25) is 19.3 Å². The maximum Gasteiger partial charge on any atom is 0.308 e. The van der Waals surface area contributed by atoms with Crippen molar-refractivity contribution in [3.8, 4) is 11.5 Å². The maximum atomic E-state index is 13.5. The van der Waals surface area contributed by atoms with Crippen molar-refractivity contribution in [3.05, 3.63) is 65.2 Å². The van der Waals surface area contributed by atoms with Gasteiger partial charge in [-0.15, -0.1) is 0 Å². The summed E-state index contributed by atoms with van der Waals surface area (Å²) in [5.41, 5.74) is 1.55. The molecule has 0 radical (unpaired) electrons. The van der Waals surface area contributed by atoms with Crippen molar-refractivity contribution < 1.29 is 28.6 Å². The van der Waals surface area contributed by atoms with Gasteiger partial charge in [0, 0.05) is 32.5 Å². The van der Waals surface area contributed by atoms with Crippen LogP contribution in [-0.4, -0.2) is 72.1 Å². The Bertz CT molecular complexity index is 1370. The summed E-state index contributed by atoms with van der Waals surface area (Å²) in [6.07, 6.45) is 5.55. The molecule has 2 aliphatic carbocycles. The summed E-state index contributed by atoms with van der Waals surface area (Å²) < 4.78 is 18.8. The van der Waals surface area contributed by atoms with E-state index in [0.29, 0.717) is 37.2 Å². The Morgan fingerprint density at radius 2 is 1.85 bits per heavy atom. The van der Waals surface area contributed by atoms with Crippen molar-refractivity contribution in [2.75, 3.05) is 20.6 Å². The fourth-order valence-electron chi connectivity index (χ4n) is 7.79. The molecule has 4 aliphatic rings. The standard InChI is InChI=1S/C31H34N2O6/c1-19(34)37-24-12-11-22-18-25-31(39-20(2)35)15-14-23(33(4)26(36)13-10-21-8-6-5-7-9-21)29-30(31,16-17-32(25)3)27(22)28(24)38-29/h5-13,23,25,29H,14-18H2,1-4H3/t23-,25-,29+,30+,31-/m1/s1. The van der Waals surface area contributed by atoms with Crippen LogP contribution in [0.1, 0.15) is 49.8 Å². The van der Waals surface area contributed by atoms with Crippen molar-refractivity contribution in [1.82, 2.24) is 9.80 Å². The van der Waals surface area contributed by atoms with Crippen LogP contribution in [0.15, 0.2) is 48.5 Å². The number of benzene rings is 2. The number of likely N-dealkylation sites (N-methyl/N-ethyl adjacent to an activating group) is 2. The molecule has 0 N–H and O–H groups in total. The van der Waals surface area contributed by atoms with Crippen molar-refractivity contribution in [2.24, 2.45) is 0 Å². The summed E-state index contributed by atoms with van der Waals surface area (Å²) in [4.78, 5) is 42.2. The molecule has 2 aliphatic heterocycles. The maximum absolute atomic E-state index is 13.5. The molecular formula is C31H34N2O6. The summed E-state index contributed by atoms with van der Waals surface area (Å²) in [5, 5.41) is 0. The molecule has 5 atom stereocenters. The number of nitrogens with zero attached hydrogens (tertiary/aromatic N) is 2. The van der Waals surface area contributed by atoms with Crippen molar-refractivity contribution in [1.29, 1.82) is 0 Å². The zero-order chi connectivity index (χ0) is 27.5. The van der Waals surface area contributed by atoms with Crippen LogP contribution in [0.5, 0.6) is 11.5 Å². The largest absolute Gasteiger partial charge is 0.483 e. The SMILES string of the molecule is CC(=O)Oc1ccc2c3c1O[C@H]1[C@H](N(C)C(=O)C=Cc4ccccc4)CC[C@@]4(OC(C)=O)[C@@H](C2)N(C)CC[C@]314. The molecule has 8 nitrogen and oxygen atoms in total. The minimum Gasteiger partial charge on any atom is -0.483 e. The summed E-state index contributed by atoms with van der Waals surface area (Å²) in [6.45, 7) is 3.63. The zero-order valence-electron chi connectivity index (χ0n) is 22.8. The molecule has 39 heavy (non-hydrogen) atoms. The molecule has 1 saturated heterocycles. The van der Waals surface area contributed by atoms with Crippen LogP contribution >= 0.6 is 0 Å². The highest BCUT2D eigenvalue weighted by Crippen LogP contribution is 2.67. The smallest absolute Gasteiger partial charge is 0.308 e. The number of piperidine rings is 1. The van der Waals surface area contributed by atoms with Gasteiger partial charge in [0.25, 0.3) is 0 Å². The third kappa shape index (κ3) is 3.72. The third-order valence-electron chi connectivity index (χ3n) is 9.29. The first-order valence-corrected chi connectivity index (χ1v) is 13.6. The van der Waals surface area contributed by atoms with E-state index in [2.05, 4.69) is 11.9 Å². The number of hydrogen-bond donors (Lipinski definition) is 0. The van der Waals surface area contributed by atoms with E-state index in [1.165, 1.54) is 13.8 Å². The number of rotatable bonds is 5. The molecule has 2 heterocycles. The molecule has 1 spiro atoms. The normalized spacial score (nSPS) is 30.3. The predicted molar refractivity (Wildman–Crippen MR) is 144 cm³/mol. The lowest BCUT2D eigenvalue weighted by atomic mass is 9.48. The van der Waals surface area contributed by atoms with Crippen LogP contribution in [0.3, 0.4) is 0 Å². The highest BCUT2D eigenvalue weighted by molar-refractivity contribution is 5.92. The van der Waals surface area contributed by atoms with E-state index in [-0.39, 0.29) is 24.0 Å². The monoisotopic (exact) mass is 530 g/mol. The molecule has 0 aromatic heterocycles. The van der Waals surface area contributed by atoms with Gasteiger partial charge in [-0.2, -0.15) is 0 Å². The minimum atomic E-state index is -0.816.